The molecular weight excluding hydrogens is 348 g/mol. The Labute approximate surface area is 141 Å². The molecule has 0 unspecified atom stereocenters. The van der Waals surface area contributed by atoms with E-state index in [4.69, 9.17) is 12.2 Å². The number of thiocarbonyl (C=S) groups is 1. The van der Waals surface area contributed by atoms with Crippen LogP contribution in [0.4, 0.5) is 0 Å². The van der Waals surface area contributed by atoms with Crippen molar-refractivity contribution in [3.8, 4) is 0 Å². The second kappa shape index (κ2) is 9.90. The average Bonchev–Trinajstić information content (AvgIpc) is 2.47. The Bertz CT molecular complexity index is 471. The highest BCUT2D eigenvalue weighted by Gasteiger charge is 2.13. The molecule has 0 fully saturated rings. The molecule has 0 aliphatic heterocycles. The zero-order valence-electron chi connectivity index (χ0n) is 12.7. The number of amides is 1. The molecule has 116 valence electrons. The third kappa shape index (κ3) is 6.57. The topological polar surface area (TPSA) is 32.3 Å². The van der Waals surface area contributed by atoms with Gasteiger partial charge in [0.05, 0.1) is 0 Å². The lowest BCUT2D eigenvalue weighted by Crippen LogP contribution is -2.43. The van der Waals surface area contributed by atoms with Crippen LogP contribution in [-0.4, -0.2) is 29.0 Å². The summed E-state index contributed by atoms with van der Waals surface area (Å²) >= 11 is 8.76. The van der Waals surface area contributed by atoms with Crippen LogP contribution in [0.25, 0.3) is 0 Å². The summed E-state index contributed by atoms with van der Waals surface area (Å²) in [5, 5.41) is 3.37. The standard InChI is InChI=1S/C16H23BrN2OS/c1-3-5-10-19(11-6-4-2)16(21)18-15(20)13-8-7-9-14(17)12-13/h7-9,12H,3-6,10-11H2,1-2H3,(H,18,20,21). The highest BCUT2D eigenvalue weighted by molar-refractivity contribution is 9.10. The van der Waals surface area contributed by atoms with Crippen molar-refractivity contribution in [3.63, 3.8) is 0 Å². The molecule has 0 bridgehead atoms. The van der Waals surface area contributed by atoms with Crippen LogP contribution >= 0.6 is 28.1 Å². The lowest BCUT2D eigenvalue weighted by Gasteiger charge is -2.25. The molecule has 0 aromatic heterocycles. The molecule has 0 saturated carbocycles. The van der Waals surface area contributed by atoms with E-state index in [-0.39, 0.29) is 5.91 Å². The van der Waals surface area contributed by atoms with Crippen molar-refractivity contribution in [2.24, 2.45) is 0 Å². The maximum absolute atomic E-state index is 12.2. The molecule has 1 amide bonds. The first-order chi connectivity index (χ1) is 10.1. The fraction of sp³-hybridized carbons (Fsp3) is 0.500. The van der Waals surface area contributed by atoms with Gasteiger partial charge in [-0.05, 0) is 43.3 Å². The zero-order valence-corrected chi connectivity index (χ0v) is 15.1. The summed E-state index contributed by atoms with van der Waals surface area (Å²) < 4.78 is 0.884. The summed E-state index contributed by atoms with van der Waals surface area (Å²) in [4.78, 5) is 14.3. The van der Waals surface area contributed by atoms with Gasteiger partial charge in [-0.15, -0.1) is 0 Å². The third-order valence-corrected chi connectivity index (χ3v) is 4.01. The first-order valence-corrected chi connectivity index (χ1v) is 8.64. The molecule has 0 spiro atoms. The number of nitrogens with zero attached hydrogens (tertiary/aromatic N) is 1. The molecule has 0 aliphatic carbocycles. The fourth-order valence-electron chi connectivity index (χ4n) is 1.89. The average molecular weight is 371 g/mol. The molecule has 0 atom stereocenters. The Morgan fingerprint density at radius 3 is 2.38 bits per heavy atom. The van der Waals surface area contributed by atoms with Crippen molar-refractivity contribution >= 4 is 39.2 Å². The predicted molar refractivity (Wildman–Crippen MR) is 95.6 cm³/mol. The van der Waals surface area contributed by atoms with E-state index in [0.717, 1.165) is 43.2 Å². The van der Waals surface area contributed by atoms with Crippen molar-refractivity contribution in [1.29, 1.82) is 0 Å². The minimum Gasteiger partial charge on any atom is -0.349 e. The van der Waals surface area contributed by atoms with Crippen LogP contribution in [0.15, 0.2) is 28.7 Å². The van der Waals surface area contributed by atoms with E-state index < -0.39 is 0 Å². The number of halogens is 1. The Hall–Kier alpha value is -0.940. The lowest BCUT2D eigenvalue weighted by atomic mass is 10.2. The Morgan fingerprint density at radius 2 is 1.86 bits per heavy atom. The summed E-state index contributed by atoms with van der Waals surface area (Å²) in [5.74, 6) is -0.153. The molecule has 21 heavy (non-hydrogen) atoms. The van der Waals surface area contributed by atoms with Crippen LogP contribution in [0.1, 0.15) is 49.9 Å². The number of carbonyl (C=O) groups excluding carboxylic acids is 1. The van der Waals surface area contributed by atoms with E-state index in [2.05, 4.69) is 40.0 Å². The number of nitrogens with one attached hydrogen (secondary N) is 1. The minimum atomic E-state index is -0.153. The van der Waals surface area contributed by atoms with Crippen molar-refractivity contribution in [3.05, 3.63) is 34.3 Å². The number of rotatable bonds is 7. The first-order valence-electron chi connectivity index (χ1n) is 7.44. The van der Waals surface area contributed by atoms with E-state index in [0.29, 0.717) is 10.7 Å². The molecule has 1 aromatic carbocycles. The van der Waals surface area contributed by atoms with E-state index in [1.165, 1.54) is 0 Å². The van der Waals surface area contributed by atoms with Crippen LogP contribution in [0, 0.1) is 0 Å². The third-order valence-electron chi connectivity index (χ3n) is 3.16. The second-order valence-corrected chi connectivity index (χ2v) is 6.27. The van der Waals surface area contributed by atoms with Gasteiger partial charge in [-0.25, -0.2) is 0 Å². The summed E-state index contributed by atoms with van der Waals surface area (Å²) in [6.45, 7) is 6.10. The van der Waals surface area contributed by atoms with Gasteiger partial charge in [0.2, 0.25) is 0 Å². The van der Waals surface area contributed by atoms with Crippen LogP contribution in [0.2, 0.25) is 0 Å². The largest absolute Gasteiger partial charge is 0.349 e. The smallest absolute Gasteiger partial charge is 0.257 e. The molecule has 0 aliphatic rings. The maximum atomic E-state index is 12.2. The maximum Gasteiger partial charge on any atom is 0.257 e. The molecule has 5 heteroatoms. The van der Waals surface area contributed by atoms with E-state index >= 15 is 0 Å². The van der Waals surface area contributed by atoms with Gasteiger partial charge in [0, 0.05) is 23.1 Å². The number of hydrogen-bond acceptors (Lipinski definition) is 2. The van der Waals surface area contributed by atoms with Gasteiger partial charge in [-0.3, -0.25) is 10.1 Å². The molecule has 0 saturated heterocycles. The quantitative estimate of drug-likeness (QED) is 0.723. The van der Waals surface area contributed by atoms with Gasteiger partial charge >= 0.3 is 0 Å². The molecule has 1 N–H and O–H groups in total. The summed E-state index contributed by atoms with van der Waals surface area (Å²) in [6.07, 6.45) is 4.39. The summed E-state index contributed by atoms with van der Waals surface area (Å²) in [6, 6.07) is 7.31. The second-order valence-electron chi connectivity index (χ2n) is 4.96. The Balaban J connectivity index is 2.64. The minimum absolute atomic E-state index is 0.153. The molecule has 0 heterocycles. The lowest BCUT2D eigenvalue weighted by molar-refractivity contribution is 0.0973. The highest BCUT2D eigenvalue weighted by Crippen LogP contribution is 2.11. The molecule has 1 aromatic rings. The normalized spacial score (nSPS) is 10.2. The van der Waals surface area contributed by atoms with Gasteiger partial charge in [-0.1, -0.05) is 48.7 Å². The van der Waals surface area contributed by atoms with E-state index in [9.17, 15) is 4.79 Å². The Morgan fingerprint density at radius 1 is 1.24 bits per heavy atom. The van der Waals surface area contributed by atoms with Gasteiger partial charge in [0.25, 0.3) is 5.91 Å². The molecule has 0 radical (unpaired) electrons. The van der Waals surface area contributed by atoms with E-state index in [1.807, 2.05) is 12.1 Å². The SMILES string of the molecule is CCCCN(CCCC)C(=S)NC(=O)c1cccc(Br)c1. The van der Waals surface area contributed by atoms with Crippen LogP contribution < -0.4 is 5.32 Å². The first kappa shape index (κ1) is 18.1. The van der Waals surface area contributed by atoms with Crippen LogP contribution in [0.5, 0.6) is 0 Å². The number of hydrogen-bond donors (Lipinski definition) is 1. The van der Waals surface area contributed by atoms with Crippen LogP contribution in [-0.2, 0) is 0 Å². The van der Waals surface area contributed by atoms with Gasteiger partial charge in [-0.2, -0.15) is 0 Å². The monoisotopic (exact) mass is 370 g/mol. The molecule has 1 rings (SSSR count). The fourth-order valence-corrected chi connectivity index (χ4v) is 2.57. The van der Waals surface area contributed by atoms with Crippen molar-refractivity contribution in [2.45, 2.75) is 39.5 Å². The van der Waals surface area contributed by atoms with E-state index in [1.54, 1.807) is 12.1 Å². The van der Waals surface area contributed by atoms with Crippen molar-refractivity contribution < 1.29 is 4.79 Å². The zero-order chi connectivity index (χ0) is 15.7. The highest BCUT2D eigenvalue weighted by atomic mass is 79.9. The molecular formula is C16H23BrN2OS. The van der Waals surface area contributed by atoms with Crippen LogP contribution in [0.3, 0.4) is 0 Å². The van der Waals surface area contributed by atoms with Gasteiger partial charge in [0.15, 0.2) is 5.11 Å². The summed E-state index contributed by atoms with van der Waals surface area (Å²) in [5.41, 5.74) is 0.609. The van der Waals surface area contributed by atoms with Gasteiger partial charge in [0.1, 0.15) is 0 Å². The predicted octanol–water partition coefficient (Wildman–Crippen LogP) is 4.37. The number of carbonyl (C=O) groups is 1. The number of benzene rings is 1. The van der Waals surface area contributed by atoms with Crippen molar-refractivity contribution in [2.75, 3.05) is 13.1 Å². The van der Waals surface area contributed by atoms with Gasteiger partial charge < -0.3 is 4.90 Å². The summed E-state index contributed by atoms with van der Waals surface area (Å²) in [7, 11) is 0. The van der Waals surface area contributed by atoms with Crippen molar-refractivity contribution in [1.82, 2.24) is 10.2 Å². The Kier molecular flexibility index (Phi) is 8.54. The molecule has 3 nitrogen and oxygen atoms in total. The number of unbranched alkanes of at least 4 members (excludes halogenated alkanes) is 2.